The van der Waals surface area contributed by atoms with Crippen molar-refractivity contribution in [3.63, 3.8) is 0 Å². The van der Waals surface area contributed by atoms with Crippen LogP contribution in [0.15, 0.2) is 117 Å². The third-order valence-electron chi connectivity index (χ3n) is 7.38. The molecular weight excluding hydrogens is 577 g/mol. The van der Waals surface area contributed by atoms with Crippen LogP contribution in [0, 0.1) is 0 Å². The van der Waals surface area contributed by atoms with Gasteiger partial charge in [-0.15, -0.1) is 11.8 Å². The number of fused-ring (bicyclic) bond motifs is 2. The molecule has 1 aromatic heterocycles. The zero-order valence-corrected chi connectivity index (χ0v) is 25.7. The first kappa shape index (κ1) is 28.7. The van der Waals surface area contributed by atoms with Gasteiger partial charge in [-0.05, 0) is 77.9 Å². The number of esters is 1. The lowest BCUT2D eigenvalue weighted by atomic mass is 9.96. The first-order valence-corrected chi connectivity index (χ1v) is 16.0. The van der Waals surface area contributed by atoms with E-state index in [-0.39, 0.29) is 12.2 Å². The average Bonchev–Trinajstić information content (AvgIpc) is 3.33. The lowest BCUT2D eigenvalue weighted by Gasteiger charge is -2.24. The summed E-state index contributed by atoms with van der Waals surface area (Å²) in [6, 6.07) is 29.4. The lowest BCUT2D eigenvalue weighted by molar-refractivity contribution is -0.139. The molecule has 0 amide bonds. The first-order valence-electron chi connectivity index (χ1n) is 14.0. The van der Waals surface area contributed by atoms with Crippen LogP contribution >= 0.6 is 23.1 Å². The maximum absolute atomic E-state index is 13.9. The van der Waals surface area contributed by atoms with Crippen LogP contribution in [0.1, 0.15) is 36.6 Å². The van der Waals surface area contributed by atoms with E-state index in [1.54, 1.807) is 30.2 Å². The molecule has 1 unspecified atom stereocenters. The predicted octanol–water partition coefficient (Wildman–Crippen LogP) is 6.25. The van der Waals surface area contributed by atoms with Gasteiger partial charge in [-0.3, -0.25) is 9.36 Å². The molecule has 43 heavy (non-hydrogen) atoms. The maximum Gasteiger partial charge on any atom is 0.338 e. The standard InChI is InChI=1S/C35H30N2O4S2/c1-4-40-34(39)31-22(2)36-35-37(32(31)25-15-17-28(42-3)18-16-25)33(38)30(43-35)20-23-9-7-13-27(19-23)41-21-26-12-8-11-24-10-5-6-14-29(24)26/h5-20,32H,4,21H2,1-3H3/b30-20-. The number of hydrogen-bond acceptors (Lipinski definition) is 7. The summed E-state index contributed by atoms with van der Waals surface area (Å²) in [5.74, 6) is 0.245. The van der Waals surface area contributed by atoms with Gasteiger partial charge < -0.3 is 9.47 Å². The molecule has 0 saturated heterocycles. The third-order valence-corrected chi connectivity index (χ3v) is 9.11. The normalized spacial score (nSPS) is 14.9. The number of thiazole rings is 1. The van der Waals surface area contributed by atoms with Gasteiger partial charge in [-0.1, -0.05) is 78.1 Å². The summed E-state index contributed by atoms with van der Waals surface area (Å²) in [5.41, 5.74) is 3.49. The number of carbonyl (C=O) groups is 1. The van der Waals surface area contributed by atoms with Gasteiger partial charge in [-0.25, -0.2) is 9.79 Å². The molecular formula is C35H30N2O4S2. The molecule has 1 atom stereocenters. The Kier molecular flexibility index (Phi) is 8.31. The van der Waals surface area contributed by atoms with Gasteiger partial charge >= 0.3 is 5.97 Å². The molecule has 0 fully saturated rings. The number of ether oxygens (including phenoxy) is 2. The van der Waals surface area contributed by atoms with Crippen LogP contribution in [0.4, 0.5) is 0 Å². The topological polar surface area (TPSA) is 69.9 Å². The first-order chi connectivity index (χ1) is 21.0. The van der Waals surface area contributed by atoms with Gasteiger partial charge in [0.1, 0.15) is 12.4 Å². The minimum atomic E-state index is -0.635. The summed E-state index contributed by atoms with van der Waals surface area (Å²) in [7, 11) is 0. The fraction of sp³-hybridized carbons (Fsp3) is 0.171. The molecule has 6 rings (SSSR count). The third kappa shape index (κ3) is 5.81. The zero-order chi connectivity index (χ0) is 29.9. The van der Waals surface area contributed by atoms with Crippen LogP contribution in [0.2, 0.25) is 0 Å². The second kappa shape index (κ2) is 12.5. The molecule has 1 aliphatic rings. The minimum Gasteiger partial charge on any atom is -0.489 e. The summed E-state index contributed by atoms with van der Waals surface area (Å²) >= 11 is 2.94. The Labute approximate surface area is 257 Å². The van der Waals surface area contributed by atoms with Crippen molar-refractivity contribution in [2.45, 2.75) is 31.4 Å². The SMILES string of the molecule is CCOC(=O)C1=C(C)N=c2s/c(=C\c3cccc(OCc4cccc5ccccc45)c3)c(=O)n2C1c1ccc(SC)cc1. The summed E-state index contributed by atoms with van der Waals surface area (Å²) < 4.78 is 13.7. The minimum absolute atomic E-state index is 0.209. The number of thioether (sulfide) groups is 1. The van der Waals surface area contributed by atoms with Crippen LogP contribution < -0.4 is 19.6 Å². The lowest BCUT2D eigenvalue weighted by Crippen LogP contribution is -2.39. The van der Waals surface area contributed by atoms with E-state index in [0.29, 0.717) is 33.0 Å². The monoisotopic (exact) mass is 606 g/mol. The second-order valence-electron chi connectivity index (χ2n) is 10.1. The number of hydrogen-bond donors (Lipinski definition) is 0. The van der Waals surface area contributed by atoms with E-state index < -0.39 is 12.0 Å². The Morgan fingerprint density at radius 1 is 1.02 bits per heavy atom. The van der Waals surface area contributed by atoms with Crippen LogP contribution in [-0.2, 0) is 16.1 Å². The molecule has 2 heterocycles. The van der Waals surface area contributed by atoms with Gasteiger partial charge in [0.2, 0.25) is 0 Å². The molecule has 1 aliphatic heterocycles. The summed E-state index contributed by atoms with van der Waals surface area (Å²) in [6.45, 7) is 4.23. The summed E-state index contributed by atoms with van der Waals surface area (Å²) in [6.07, 6.45) is 3.86. The number of benzene rings is 4. The molecule has 0 N–H and O–H groups in total. The molecule has 5 aromatic rings. The number of carbonyl (C=O) groups excluding carboxylic acids is 1. The fourth-order valence-corrected chi connectivity index (χ4v) is 6.77. The number of allylic oxidation sites excluding steroid dienone is 1. The number of rotatable bonds is 8. The molecule has 0 radical (unpaired) electrons. The molecule has 6 nitrogen and oxygen atoms in total. The van der Waals surface area contributed by atoms with Gasteiger partial charge in [0.25, 0.3) is 5.56 Å². The van der Waals surface area contributed by atoms with E-state index in [1.807, 2.05) is 79.1 Å². The molecule has 0 spiro atoms. The van der Waals surface area contributed by atoms with Crippen molar-refractivity contribution in [3.05, 3.63) is 139 Å². The van der Waals surface area contributed by atoms with Gasteiger partial charge in [0.15, 0.2) is 4.80 Å². The van der Waals surface area contributed by atoms with Crippen LogP contribution in [0.3, 0.4) is 0 Å². The Bertz CT molecular complexity index is 2040. The van der Waals surface area contributed by atoms with E-state index in [1.165, 1.54) is 16.7 Å². The number of aromatic nitrogens is 1. The highest BCUT2D eigenvalue weighted by Gasteiger charge is 2.33. The highest BCUT2D eigenvalue weighted by atomic mass is 32.2. The summed E-state index contributed by atoms with van der Waals surface area (Å²) in [5, 5.41) is 2.34. The van der Waals surface area contributed by atoms with E-state index in [0.717, 1.165) is 27.0 Å². The molecule has 8 heteroatoms. The second-order valence-corrected chi connectivity index (χ2v) is 12.0. The predicted molar refractivity (Wildman–Crippen MR) is 173 cm³/mol. The highest BCUT2D eigenvalue weighted by molar-refractivity contribution is 7.98. The quantitative estimate of drug-likeness (QED) is 0.154. The zero-order valence-electron chi connectivity index (χ0n) is 24.1. The summed E-state index contributed by atoms with van der Waals surface area (Å²) in [4.78, 5) is 33.4. The van der Waals surface area contributed by atoms with E-state index in [9.17, 15) is 9.59 Å². The van der Waals surface area contributed by atoms with Crippen molar-refractivity contribution in [3.8, 4) is 5.75 Å². The highest BCUT2D eigenvalue weighted by Crippen LogP contribution is 2.31. The van der Waals surface area contributed by atoms with E-state index in [4.69, 9.17) is 9.47 Å². The van der Waals surface area contributed by atoms with Crippen molar-refractivity contribution in [2.75, 3.05) is 12.9 Å². The van der Waals surface area contributed by atoms with E-state index in [2.05, 4.69) is 29.3 Å². The average molecular weight is 607 g/mol. The molecule has 0 aliphatic carbocycles. The maximum atomic E-state index is 13.9. The smallest absolute Gasteiger partial charge is 0.338 e. The molecule has 0 bridgehead atoms. The van der Waals surface area contributed by atoms with Gasteiger partial charge in [0.05, 0.1) is 28.5 Å². The Hall–Kier alpha value is -4.40. The van der Waals surface area contributed by atoms with E-state index >= 15 is 0 Å². The largest absolute Gasteiger partial charge is 0.489 e. The molecule has 216 valence electrons. The van der Waals surface area contributed by atoms with Crippen LogP contribution in [0.25, 0.3) is 16.8 Å². The van der Waals surface area contributed by atoms with Gasteiger partial charge in [0, 0.05) is 4.90 Å². The van der Waals surface area contributed by atoms with Crippen LogP contribution in [0.5, 0.6) is 5.75 Å². The van der Waals surface area contributed by atoms with Crippen molar-refractivity contribution >= 4 is 45.9 Å². The fourth-order valence-electron chi connectivity index (χ4n) is 5.32. The molecule has 0 saturated carbocycles. The van der Waals surface area contributed by atoms with Crippen molar-refractivity contribution in [2.24, 2.45) is 4.99 Å². The van der Waals surface area contributed by atoms with Crippen molar-refractivity contribution < 1.29 is 14.3 Å². The Morgan fingerprint density at radius 2 is 1.79 bits per heavy atom. The number of nitrogens with zero attached hydrogens (tertiary/aromatic N) is 2. The molecule has 4 aromatic carbocycles. The van der Waals surface area contributed by atoms with Crippen molar-refractivity contribution in [1.29, 1.82) is 0 Å². The van der Waals surface area contributed by atoms with Gasteiger partial charge in [-0.2, -0.15) is 0 Å². The Balaban J connectivity index is 1.36. The van der Waals surface area contributed by atoms with Crippen molar-refractivity contribution in [1.82, 2.24) is 4.57 Å². The van der Waals surface area contributed by atoms with Crippen LogP contribution in [-0.4, -0.2) is 23.4 Å². The Morgan fingerprint density at radius 3 is 2.58 bits per heavy atom.